The summed E-state index contributed by atoms with van der Waals surface area (Å²) >= 11 is 0. The highest BCUT2D eigenvalue weighted by molar-refractivity contribution is 5.69. The Labute approximate surface area is 115 Å². The summed E-state index contributed by atoms with van der Waals surface area (Å²) in [7, 11) is 1.98. The van der Waals surface area contributed by atoms with Crippen molar-refractivity contribution >= 4 is 0 Å². The van der Waals surface area contributed by atoms with Crippen LogP contribution in [0.5, 0.6) is 0 Å². The van der Waals surface area contributed by atoms with Gasteiger partial charge in [-0.3, -0.25) is 4.68 Å². The normalized spacial score (nSPS) is 10.9. The zero-order chi connectivity index (χ0) is 13.8. The van der Waals surface area contributed by atoms with Crippen LogP contribution >= 0.6 is 0 Å². The highest BCUT2D eigenvalue weighted by Crippen LogP contribution is 2.27. The zero-order valence-corrected chi connectivity index (χ0v) is 12.3. The molecule has 2 rings (SSSR count). The van der Waals surface area contributed by atoms with Gasteiger partial charge in [0.1, 0.15) is 0 Å². The largest absolute Gasteiger partial charge is 0.316 e. The molecule has 3 heteroatoms. The van der Waals surface area contributed by atoms with E-state index in [9.17, 15) is 0 Å². The molecule has 1 aromatic carbocycles. The van der Waals surface area contributed by atoms with Gasteiger partial charge in [0.25, 0.3) is 0 Å². The first-order chi connectivity index (χ1) is 9.15. The molecule has 0 spiro atoms. The van der Waals surface area contributed by atoms with Crippen LogP contribution in [-0.4, -0.2) is 16.8 Å². The van der Waals surface area contributed by atoms with Gasteiger partial charge >= 0.3 is 0 Å². The second-order valence-corrected chi connectivity index (χ2v) is 5.08. The third kappa shape index (κ3) is 3.04. The smallest absolute Gasteiger partial charge is 0.0672 e. The van der Waals surface area contributed by atoms with E-state index in [1.165, 1.54) is 22.3 Å². The van der Waals surface area contributed by atoms with Crippen molar-refractivity contribution in [3.63, 3.8) is 0 Å². The Morgan fingerprint density at radius 3 is 2.68 bits per heavy atom. The van der Waals surface area contributed by atoms with Crippen LogP contribution in [0.1, 0.15) is 30.2 Å². The quantitative estimate of drug-likeness (QED) is 0.890. The molecule has 0 atom stereocenters. The van der Waals surface area contributed by atoms with Crippen LogP contribution < -0.4 is 5.32 Å². The van der Waals surface area contributed by atoms with Crippen LogP contribution in [0.3, 0.4) is 0 Å². The number of nitrogens with one attached hydrogen (secondary N) is 1. The van der Waals surface area contributed by atoms with Crippen LogP contribution in [0, 0.1) is 13.8 Å². The molecule has 0 radical (unpaired) electrons. The van der Waals surface area contributed by atoms with Crippen molar-refractivity contribution in [2.75, 3.05) is 7.05 Å². The van der Waals surface area contributed by atoms with Gasteiger partial charge in [-0.1, -0.05) is 30.7 Å². The Bertz CT molecular complexity index is 555. The van der Waals surface area contributed by atoms with Gasteiger partial charge in [0.2, 0.25) is 0 Å². The van der Waals surface area contributed by atoms with Gasteiger partial charge in [0.05, 0.1) is 5.69 Å². The molecule has 1 aromatic heterocycles. The molecule has 19 heavy (non-hydrogen) atoms. The first kappa shape index (κ1) is 13.8. The Hall–Kier alpha value is -1.61. The molecule has 0 unspecified atom stereocenters. The van der Waals surface area contributed by atoms with E-state index in [-0.39, 0.29) is 0 Å². The lowest BCUT2D eigenvalue weighted by Crippen LogP contribution is -2.06. The lowest BCUT2D eigenvalue weighted by molar-refractivity contribution is 0.598. The first-order valence-electron chi connectivity index (χ1n) is 6.94. The Morgan fingerprint density at radius 1 is 1.21 bits per heavy atom. The van der Waals surface area contributed by atoms with Crippen molar-refractivity contribution in [1.29, 1.82) is 0 Å². The van der Waals surface area contributed by atoms with Gasteiger partial charge in [-0.25, -0.2) is 0 Å². The minimum atomic E-state index is 0.883. The maximum atomic E-state index is 4.60. The predicted molar refractivity (Wildman–Crippen MR) is 80.2 cm³/mol. The summed E-state index contributed by atoms with van der Waals surface area (Å²) in [5.41, 5.74) is 6.28. The molecular formula is C16H23N3. The molecule has 3 nitrogen and oxygen atoms in total. The summed E-state index contributed by atoms with van der Waals surface area (Å²) in [5, 5.41) is 7.84. The first-order valence-corrected chi connectivity index (χ1v) is 6.94. The number of aryl methyl sites for hydroxylation is 3. The molecule has 102 valence electrons. The summed E-state index contributed by atoms with van der Waals surface area (Å²) in [6.45, 7) is 8.27. The molecule has 0 amide bonds. The van der Waals surface area contributed by atoms with Crippen LogP contribution in [0.25, 0.3) is 11.1 Å². The van der Waals surface area contributed by atoms with E-state index in [1.54, 1.807) is 0 Å². The fourth-order valence-electron chi connectivity index (χ4n) is 2.41. The number of aromatic nitrogens is 2. The summed E-state index contributed by atoms with van der Waals surface area (Å²) in [6, 6.07) is 6.63. The van der Waals surface area contributed by atoms with E-state index < -0.39 is 0 Å². The van der Waals surface area contributed by atoms with Crippen LogP contribution in [-0.2, 0) is 13.1 Å². The van der Waals surface area contributed by atoms with E-state index in [0.717, 1.165) is 25.2 Å². The SMILES string of the molecule is CCCn1cc(-c2cc(C)ccc2CNC)c(C)n1. The van der Waals surface area contributed by atoms with Gasteiger partial charge in [-0.2, -0.15) is 5.10 Å². The highest BCUT2D eigenvalue weighted by atomic mass is 15.3. The fraction of sp³-hybridized carbons (Fsp3) is 0.438. The van der Waals surface area contributed by atoms with Crippen molar-refractivity contribution < 1.29 is 0 Å². The maximum absolute atomic E-state index is 4.60. The summed E-state index contributed by atoms with van der Waals surface area (Å²) in [6.07, 6.45) is 3.28. The molecular weight excluding hydrogens is 234 g/mol. The van der Waals surface area contributed by atoms with Crippen molar-refractivity contribution in [2.24, 2.45) is 0 Å². The minimum Gasteiger partial charge on any atom is -0.316 e. The lowest BCUT2D eigenvalue weighted by Gasteiger charge is -2.09. The number of rotatable bonds is 5. The van der Waals surface area contributed by atoms with E-state index in [1.807, 2.05) is 7.05 Å². The van der Waals surface area contributed by atoms with Crippen molar-refractivity contribution in [1.82, 2.24) is 15.1 Å². The number of hydrogen-bond donors (Lipinski definition) is 1. The van der Waals surface area contributed by atoms with E-state index in [4.69, 9.17) is 0 Å². The van der Waals surface area contributed by atoms with Crippen molar-refractivity contribution in [2.45, 2.75) is 40.3 Å². The molecule has 0 aliphatic rings. The molecule has 0 saturated carbocycles. The maximum Gasteiger partial charge on any atom is 0.0672 e. The molecule has 0 aliphatic carbocycles. The van der Waals surface area contributed by atoms with Crippen molar-refractivity contribution in [3.8, 4) is 11.1 Å². The zero-order valence-electron chi connectivity index (χ0n) is 12.3. The van der Waals surface area contributed by atoms with E-state index in [2.05, 4.69) is 60.3 Å². The average Bonchev–Trinajstić information content (AvgIpc) is 2.73. The summed E-state index contributed by atoms with van der Waals surface area (Å²) in [4.78, 5) is 0. The highest BCUT2D eigenvalue weighted by Gasteiger charge is 2.11. The molecule has 0 saturated heterocycles. The van der Waals surface area contributed by atoms with Gasteiger partial charge in [-0.15, -0.1) is 0 Å². The number of benzene rings is 1. The monoisotopic (exact) mass is 257 g/mol. The summed E-state index contributed by atoms with van der Waals surface area (Å²) < 4.78 is 2.05. The average molecular weight is 257 g/mol. The number of nitrogens with zero attached hydrogens (tertiary/aromatic N) is 2. The van der Waals surface area contributed by atoms with Gasteiger partial charge in [0, 0.05) is 24.8 Å². The molecule has 2 aromatic rings. The van der Waals surface area contributed by atoms with Crippen LogP contribution in [0.15, 0.2) is 24.4 Å². The topological polar surface area (TPSA) is 29.9 Å². The lowest BCUT2D eigenvalue weighted by atomic mass is 9.98. The second-order valence-electron chi connectivity index (χ2n) is 5.08. The summed E-state index contributed by atoms with van der Waals surface area (Å²) in [5.74, 6) is 0. The third-order valence-corrected chi connectivity index (χ3v) is 3.32. The molecule has 1 heterocycles. The molecule has 0 fully saturated rings. The molecule has 0 aliphatic heterocycles. The van der Waals surface area contributed by atoms with Gasteiger partial charge < -0.3 is 5.32 Å². The number of hydrogen-bond acceptors (Lipinski definition) is 2. The predicted octanol–water partition coefficient (Wildman–Crippen LogP) is 3.30. The fourth-order valence-corrected chi connectivity index (χ4v) is 2.41. The van der Waals surface area contributed by atoms with Gasteiger partial charge in [-0.05, 0) is 38.4 Å². The van der Waals surface area contributed by atoms with Gasteiger partial charge in [0.15, 0.2) is 0 Å². The van der Waals surface area contributed by atoms with Crippen LogP contribution in [0.4, 0.5) is 0 Å². The standard InChI is InChI=1S/C16H23N3/c1-5-8-19-11-16(13(3)18-19)15-9-12(2)6-7-14(15)10-17-4/h6-7,9,11,17H,5,8,10H2,1-4H3. The van der Waals surface area contributed by atoms with Crippen molar-refractivity contribution in [3.05, 3.63) is 41.2 Å². The Kier molecular flexibility index (Phi) is 4.38. The molecule has 0 bridgehead atoms. The second kappa shape index (κ2) is 6.02. The van der Waals surface area contributed by atoms with E-state index >= 15 is 0 Å². The third-order valence-electron chi connectivity index (χ3n) is 3.32. The molecule has 1 N–H and O–H groups in total. The van der Waals surface area contributed by atoms with Crippen LogP contribution in [0.2, 0.25) is 0 Å². The van der Waals surface area contributed by atoms with E-state index in [0.29, 0.717) is 0 Å². The Morgan fingerprint density at radius 2 is 2.00 bits per heavy atom. The minimum absolute atomic E-state index is 0.883. The Balaban J connectivity index is 2.47.